The second kappa shape index (κ2) is 5.97. The average Bonchev–Trinajstić information content (AvgIpc) is 1.89. The highest BCUT2D eigenvalue weighted by Gasteiger charge is 1.90. The van der Waals surface area contributed by atoms with Gasteiger partial charge in [-0.1, -0.05) is 6.08 Å². The van der Waals surface area contributed by atoms with Gasteiger partial charge in [-0.25, -0.2) is 0 Å². The Labute approximate surface area is 64.6 Å². The van der Waals surface area contributed by atoms with Crippen molar-refractivity contribution in [2.45, 2.75) is 19.3 Å². The van der Waals surface area contributed by atoms with Crippen LogP contribution in [0.4, 0.5) is 0 Å². The summed E-state index contributed by atoms with van der Waals surface area (Å²) in [6.45, 7) is 3.61. The van der Waals surface area contributed by atoms with E-state index in [4.69, 9.17) is 16.6 Å². The summed E-state index contributed by atoms with van der Waals surface area (Å²) in [5.74, 6) is 0. The van der Waals surface area contributed by atoms with Crippen molar-refractivity contribution in [1.82, 2.24) is 0 Å². The van der Waals surface area contributed by atoms with Gasteiger partial charge in [0.15, 0.2) is 0 Å². The van der Waals surface area contributed by atoms with E-state index >= 15 is 0 Å². The molecule has 0 saturated heterocycles. The molecule has 0 atom stereocenters. The first-order valence-corrected chi connectivity index (χ1v) is 4.21. The largest absolute Gasteiger partial charge is 0.549 e. The van der Waals surface area contributed by atoms with Gasteiger partial charge in [0.05, 0.1) is 0 Å². The third-order valence-corrected chi connectivity index (χ3v) is 2.18. The van der Waals surface area contributed by atoms with Gasteiger partial charge in [-0.3, -0.25) is 0 Å². The molecular weight excluding hydrogens is 148 g/mol. The standard InChI is InChI=1S/C6H12OSSi/c1-2-3-4-5-6(8)7-9/h2H,1,3-5H2,9H3. The van der Waals surface area contributed by atoms with Crippen LogP contribution in [0.2, 0.25) is 0 Å². The molecule has 0 saturated carbocycles. The summed E-state index contributed by atoms with van der Waals surface area (Å²) in [5.41, 5.74) is 0. The molecule has 0 radical (unpaired) electrons. The third kappa shape index (κ3) is 5.72. The second-order valence-electron chi connectivity index (χ2n) is 1.76. The van der Waals surface area contributed by atoms with E-state index in [9.17, 15) is 0 Å². The molecule has 0 bridgehead atoms. The number of rotatable bonds is 4. The van der Waals surface area contributed by atoms with E-state index in [1.165, 1.54) is 0 Å². The van der Waals surface area contributed by atoms with E-state index in [0.717, 1.165) is 34.8 Å². The minimum atomic E-state index is 0.724. The van der Waals surface area contributed by atoms with Crippen LogP contribution in [-0.2, 0) is 4.43 Å². The maximum atomic E-state index is 4.93. The molecular formula is C6H12OSSi. The van der Waals surface area contributed by atoms with Gasteiger partial charge in [0.1, 0.15) is 5.05 Å². The minimum Gasteiger partial charge on any atom is -0.549 e. The van der Waals surface area contributed by atoms with E-state index < -0.39 is 0 Å². The number of hydrogen-bond donors (Lipinski definition) is 0. The normalized spacial score (nSPS) is 8.89. The Morgan fingerprint density at radius 1 is 1.78 bits per heavy atom. The number of allylic oxidation sites excluding steroid dienone is 1. The number of hydrogen-bond acceptors (Lipinski definition) is 2. The van der Waals surface area contributed by atoms with Crippen LogP contribution < -0.4 is 0 Å². The van der Waals surface area contributed by atoms with E-state index in [0.29, 0.717) is 0 Å². The van der Waals surface area contributed by atoms with Gasteiger partial charge in [-0.2, -0.15) is 0 Å². The molecule has 0 aromatic rings. The molecule has 3 heteroatoms. The van der Waals surface area contributed by atoms with Gasteiger partial charge in [0.25, 0.3) is 0 Å². The van der Waals surface area contributed by atoms with Gasteiger partial charge in [-0.05, 0) is 25.1 Å². The SMILES string of the molecule is C=CCCCC(=S)O[SiH3]. The minimum absolute atomic E-state index is 0.724. The lowest BCUT2D eigenvalue weighted by Gasteiger charge is -1.99. The van der Waals surface area contributed by atoms with Crippen molar-refractivity contribution in [3.05, 3.63) is 12.7 Å². The maximum absolute atomic E-state index is 4.93. The van der Waals surface area contributed by atoms with Crippen LogP contribution in [0.3, 0.4) is 0 Å². The number of unbranched alkanes of at least 4 members (excludes halogenated alkanes) is 1. The summed E-state index contributed by atoms with van der Waals surface area (Å²) in [5, 5.41) is 0.753. The lowest BCUT2D eigenvalue weighted by molar-refractivity contribution is 0.600. The third-order valence-electron chi connectivity index (χ3n) is 1.02. The van der Waals surface area contributed by atoms with Gasteiger partial charge >= 0.3 is 0 Å². The fourth-order valence-corrected chi connectivity index (χ4v) is 0.841. The van der Waals surface area contributed by atoms with Crippen molar-refractivity contribution in [2.75, 3.05) is 0 Å². The van der Waals surface area contributed by atoms with Crippen molar-refractivity contribution in [1.29, 1.82) is 0 Å². The Hall–Kier alpha value is -0.153. The summed E-state index contributed by atoms with van der Waals surface area (Å²) in [6, 6.07) is 0. The van der Waals surface area contributed by atoms with E-state index in [1.54, 1.807) is 0 Å². The number of thiocarbonyl (C=S) groups is 1. The topological polar surface area (TPSA) is 9.23 Å². The van der Waals surface area contributed by atoms with Crippen molar-refractivity contribution >= 4 is 27.8 Å². The van der Waals surface area contributed by atoms with Crippen LogP contribution in [0.5, 0.6) is 0 Å². The molecule has 0 heterocycles. The molecule has 1 nitrogen and oxygen atoms in total. The zero-order chi connectivity index (χ0) is 7.11. The Morgan fingerprint density at radius 3 is 2.89 bits per heavy atom. The van der Waals surface area contributed by atoms with E-state index in [2.05, 4.69) is 6.58 Å². The Morgan fingerprint density at radius 2 is 2.44 bits per heavy atom. The van der Waals surface area contributed by atoms with Crippen LogP contribution in [0.15, 0.2) is 12.7 Å². The van der Waals surface area contributed by atoms with Crippen LogP contribution >= 0.6 is 12.2 Å². The predicted octanol–water partition coefficient (Wildman–Crippen LogP) is 0.967. The highest BCUT2D eigenvalue weighted by Crippen LogP contribution is 1.97. The quantitative estimate of drug-likeness (QED) is 0.262. The molecule has 0 amide bonds. The van der Waals surface area contributed by atoms with Gasteiger partial charge in [0, 0.05) is 6.42 Å². The van der Waals surface area contributed by atoms with Crippen LogP contribution in [0.25, 0.3) is 0 Å². The highest BCUT2D eigenvalue weighted by atomic mass is 32.1. The fourth-order valence-electron chi connectivity index (χ4n) is 0.493. The van der Waals surface area contributed by atoms with Gasteiger partial charge in [0.2, 0.25) is 10.5 Å². The summed E-state index contributed by atoms with van der Waals surface area (Å²) in [4.78, 5) is 0. The zero-order valence-corrected chi connectivity index (χ0v) is 8.54. The molecule has 0 unspecified atom stereocenters. The van der Waals surface area contributed by atoms with E-state index in [-0.39, 0.29) is 0 Å². The monoisotopic (exact) mass is 160 g/mol. The van der Waals surface area contributed by atoms with Crippen molar-refractivity contribution < 1.29 is 4.43 Å². The first-order chi connectivity index (χ1) is 4.31. The Bertz CT molecular complexity index is 103. The fraction of sp³-hybridized carbons (Fsp3) is 0.500. The molecule has 0 spiro atoms. The van der Waals surface area contributed by atoms with Crippen molar-refractivity contribution in [3.63, 3.8) is 0 Å². The van der Waals surface area contributed by atoms with Crippen LogP contribution in [-0.4, -0.2) is 15.5 Å². The lowest BCUT2D eigenvalue weighted by atomic mass is 10.2. The van der Waals surface area contributed by atoms with Gasteiger partial charge in [-0.15, -0.1) is 6.58 Å². The molecule has 0 aliphatic heterocycles. The Kier molecular flexibility index (Phi) is 5.87. The Balaban J connectivity index is 3.06. The molecule has 0 aromatic carbocycles. The first-order valence-electron chi connectivity index (χ1n) is 2.99. The van der Waals surface area contributed by atoms with Crippen molar-refractivity contribution in [2.24, 2.45) is 0 Å². The highest BCUT2D eigenvalue weighted by molar-refractivity contribution is 7.80. The van der Waals surface area contributed by atoms with Gasteiger partial charge < -0.3 is 4.43 Å². The molecule has 0 fully saturated rings. The molecule has 9 heavy (non-hydrogen) atoms. The molecule has 0 N–H and O–H groups in total. The summed E-state index contributed by atoms with van der Waals surface area (Å²) >= 11 is 4.85. The van der Waals surface area contributed by atoms with Crippen LogP contribution in [0, 0.1) is 0 Å². The summed E-state index contributed by atoms with van der Waals surface area (Å²) < 4.78 is 4.93. The lowest BCUT2D eigenvalue weighted by Crippen LogP contribution is -1.96. The molecule has 0 aliphatic carbocycles. The van der Waals surface area contributed by atoms with E-state index in [1.807, 2.05) is 6.08 Å². The summed E-state index contributed by atoms with van der Waals surface area (Å²) in [7, 11) is 0.724. The first kappa shape index (κ1) is 8.85. The second-order valence-corrected chi connectivity index (χ2v) is 2.62. The molecule has 0 rings (SSSR count). The molecule has 0 aliphatic rings. The molecule has 0 aromatic heterocycles. The van der Waals surface area contributed by atoms with Crippen molar-refractivity contribution in [3.8, 4) is 0 Å². The maximum Gasteiger partial charge on any atom is 0.204 e. The summed E-state index contributed by atoms with van der Waals surface area (Å²) in [6.07, 6.45) is 4.91. The van der Waals surface area contributed by atoms with Crippen LogP contribution in [0.1, 0.15) is 19.3 Å². The average molecular weight is 160 g/mol. The smallest absolute Gasteiger partial charge is 0.204 e. The molecule has 52 valence electrons. The predicted molar refractivity (Wildman–Crippen MR) is 47.7 cm³/mol. The zero-order valence-electron chi connectivity index (χ0n) is 5.72.